The number of hydrogen-bond donors (Lipinski definition) is 0. The molecule has 2 aliphatic carbocycles. The highest BCUT2D eigenvalue weighted by molar-refractivity contribution is 6.37. The van der Waals surface area contributed by atoms with Gasteiger partial charge in [-0.05, 0) is 65.8 Å². The third kappa shape index (κ3) is 7.37. The van der Waals surface area contributed by atoms with Gasteiger partial charge in [-0.3, -0.25) is 33.6 Å². The van der Waals surface area contributed by atoms with Crippen molar-refractivity contribution in [1.82, 2.24) is 9.80 Å². The number of amides is 2. The molecule has 4 aliphatic rings. The van der Waals surface area contributed by atoms with Gasteiger partial charge in [0.25, 0.3) is 0 Å². The van der Waals surface area contributed by atoms with Crippen molar-refractivity contribution in [2.45, 2.75) is 65.0 Å². The fourth-order valence-corrected chi connectivity index (χ4v) is 6.75. The fraction of sp³-hybridized carbons (Fsp3) is 0.462. The average molecular weight is 745 g/mol. The average Bonchev–Trinajstić information content (AvgIpc) is 3.52. The Morgan fingerprint density at radius 2 is 0.926 bits per heavy atom. The summed E-state index contributed by atoms with van der Waals surface area (Å²) in [5.41, 5.74) is -2.02. The van der Waals surface area contributed by atoms with Gasteiger partial charge >= 0.3 is 12.2 Å². The number of carbonyl (C=O) groups excluding carboxylic acids is 9. The Labute approximate surface area is 310 Å². The SMILES string of the molecule is CC(C)(C)OC(=O)N1CCOC(C(=O)C2C(=O)c3ccc(C(=O)c4ccc5c(c4)C(=O)C(C(=O)C4CN(C(=O)OC(C)(C)C)CCO4)C5=O)cc3C2=O)C1. The van der Waals surface area contributed by atoms with Crippen LogP contribution in [0.15, 0.2) is 36.4 Å². The molecule has 2 heterocycles. The van der Waals surface area contributed by atoms with Crippen LogP contribution in [-0.2, 0) is 28.5 Å². The largest absolute Gasteiger partial charge is 0.444 e. The zero-order valence-corrected chi connectivity index (χ0v) is 30.7. The van der Waals surface area contributed by atoms with Gasteiger partial charge in [0.2, 0.25) is 0 Å². The number of hydrogen-bond acceptors (Lipinski definition) is 13. The zero-order chi connectivity index (χ0) is 39.4. The molecule has 0 spiro atoms. The molecule has 2 aromatic rings. The molecule has 0 aromatic heterocycles. The lowest BCUT2D eigenvalue weighted by molar-refractivity contribution is -0.137. The topological polar surface area (TPSA) is 197 Å². The van der Waals surface area contributed by atoms with Crippen LogP contribution in [0.3, 0.4) is 0 Å². The van der Waals surface area contributed by atoms with E-state index < -0.39 is 87.9 Å². The van der Waals surface area contributed by atoms with Crippen molar-refractivity contribution in [2.75, 3.05) is 39.4 Å². The number of nitrogens with zero attached hydrogens (tertiary/aromatic N) is 2. The summed E-state index contributed by atoms with van der Waals surface area (Å²) in [6, 6.07) is 7.55. The molecule has 2 saturated heterocycles. The van der Waals surface area contributed by atoms with E-state index in [1.165, 1.54) is 46.2 Å². The summed E-state index contributed by atoms with van der Waals surface area (Å²) >= 11 is 0. The number of ether oxygens (including phenoxy) is 4. The standard InChI is InChI=1S/C39H40N2O13/c1-38(2,3)53-36(49)40-11-13-51-25(17-40)34(47)27-30(43)21-9-7-19(15-23(21)32(27)45)29(42)20-8-10-22-24(16-20)33(46)28(31(22)44)35(48)26-18-41(12-14-52-26)37(50)54-39(4,5)6/h7-10,15-16,25-28H,11-14,17-18H2,1-6H3. The van der Waals surface area contributed by atoms with Crippen molar-refractivity contribution in [2.24, 2.45) is 11.8 Å². The summed E-state index contributed by atoms with van der Waals surface area (Å²) in [5.74, 6) is -8.90. The third-order valence-electron chi connectivity index (χ3n) is 9.31. The van der Waals surface area contributed by atoms with Crippen molar-refractivity contribution < 1.29 is 62.1 Å². The number of carbonyl (C=O) groups is 9. The molecule has 0 bridgehead atoms. The number of fused-ring (bicyclic) bond motifs is 2. The molecule has 0 N–H and O–H groups in total. The highest BCUT2D eigenvalue weighted by Crippen LogP contribution is 2.33. The van der Waals surface area contributed by atoms with Crippen molar-refractivity contribution in [1.29, 1.82) is 0 Å². The molecule has 2 aliphatic heterocycles. The van der Waals surface area contributed by atoms with Crippen LogP contribution in [0.25, 0.3) is 0 Å². The van der Waals surface area contributed by atoms with Gasteiger partial charge in [-0.15, -0.1) is 0 Å². The Bertz CT molecular complexity index is 1880. The van der Waals surface area contributed by atoms with Crippen molar-refractivity contribution in [3.8, 4) is 0 Å². The second-order valence-corrected chi connectivity index (χ2v) is 15.5. The Morgan fingerprint density at radius 3 is 1.28 bits per heavy atom. The highest BCUT2D eigenvalue weighted by atomic mass is 16.6. The van der Waals surface area contributed by atoms with Crippen LogP contribution < -0.4 is 0 Å². The van der Waals surface area contributed by atoms with Gasteiger partial charge < -0.3 is 28.7 Å². The number of ketones is 7. The minimum Gasteiger partial charge on any atom is -0.444 e. The van der Waals surface area contributed by atoms with Gasteiger partial charge in [0, 0.05) is 46.5 Å². The second kappa shape index (κ2) is 14.1. The van der Waals surface area contributed by atoms with E-state index in [0.29, 0.717) is 0 Å². The molecule has 6 rings (SSSR count). The second-order valence-electron chi connectivity index (χ2n) is 15.5. The molecule has 15 nitrogen and oxygen atoms in total. The van der Waals surface area contributed by atoms with Crippen LogP contribution >= 0.6 is 0 Å². The maximum Gasteiger partial charge on any atom is 0.410 e. The first-order valence-electron chi connectivity index (χ1n) is 17.5. The lowest BCUT2D eigenvalue weighted by atomic mass is 9.93. The van der Waals surface area contributed by atoms with Gasteiger partial charge in [0.05, 0.1) is 26.3 Å². The van der Waals surface area contributed by atoms with Crippen LogP contribution in [0.5, 0.6) is 0 Å². The minimum atomic E-state index is -1.73. The predicted molar refractivity (Wildman–Crippen MR) is 186 cm³/mol. The maximum absolute atomic E-state index is 13.7. The monoisotopic (exact) mass is 744 g/mol. The Balaban J connectivity index is 1.16. The first kappa shape index (κ1) is 38.3. The van der Waals surface area contributed by atoms with Gasteiger partial charge in [-0.25, -0.2) is 9.59 Å². The molecular formula is C39H40N2O13. The quantitative estimate of drug-likeness (QED) is 0.309. The normalized spacial score (nSPS) is 22.9. The highest BCUT2D eigenvalue weighted by Gasteiger charge is 2.49. The Morgan fingerprint density at radius 1 is 0.574 bits per heavy atom. The van der Waals surface area contributed by atoms with Crippen LogP contribution in [0.1, 0.15) is 98.9 Å². The van der Waals surface area contributed by atoms with Crippen LogP contribution in [0.4, 0.5) is 9.59 Å². The molecular weight excluding hydrogens is 704 g/mol. The molecule has 4 unspecified atom stereocenters. The summed E-state index contributed by atoms with van der Waals surface area (Å²) in [4.78, 5) is 122. The number of benzene rings is 2. The van der Waals surface area contributed by atoms with E-state index in [1.54, 1.807) is 41.5 Å². The lowest BCUT2D eigenvalue weighted by Crippen LogP contribution is -2.52. The molecule has 284 valence electrons. The number of morpholine rings is 2. The van der Waals surface area contributed by atoms with E-state index in [-0.39, 0.29) is 72.8 Å². The first-order chi connectivity index (χ1) is 25.3. The molecule has 2 aromatic carbocycles. The summed E-state index contributed by atoms with van der Waals surface area (Å²) in [6.07, 6.45) is -3.83. The van der Waals surface area contributed by atoms with Gasteiger partial charge in [-0.2, -0.15) is 0 Å². The molecule has 2 amide bonds. The number of rotatable bonds is 6. The van der Waals surface area contributed by atoms with Crippen molar-refractivity contribution in [3.05, 3.63) is 69.8 Å². The molecule has 0 saturated carbocycles. The summed E-state index contributed by atoms with van der Waals surface area (Å²) in [6.45, 7) is 10.0. The van der Waals surface area contributed by atoms with Crippen LogP contribution in [-0.4, -0.2) is 125 Å². The van der Waals surface area contributed by atoms with E-state index in [9.17, 15) is 43.2 Å². The summed E-state index contributed by atoms with van der Waals surface area (Å²) in [5, 5.41) is 0. The minimum absolute atomic E-state index is 0.0127. The van der Waals surface area contributed by atoms with E-state index in [1.807, 2.05) is 0 Å². The molecule has 4 atom stereocenters. The Kier molecular flexibility index (Phi) is 10.0. The van der Waals surface area contributed by atoms with Gasteiger partial charge in [0.1, 0.15) is 35.2 Å². The van der Waals surface area contributed by atoms with E-state index >= 15 is 0 Å². The van der Waals surface area contributed by atoms with Crippen molar-refractivity contribution in [3.63, 3.8) is 0 Å². The van der Waals surface area contributed by atoms with Crippen molar-refractivity contribution >= 4 is 52.7 Å². The van der Waals surface area contributed by atoms with Gasteiger partial charge in [-0.1, -0.05) is 12.1 Å². The predicted octanol–water partition coefficient (Wildman–Crippen LogP) is 3.32. The third-order valence-corrected chi connectivity index (χ3v) is 9.31. The molecule has 0 radical (unpaired) electrons. The lowest BCUT2D eigenvalue weighted by Gasteiger charge is -2.34. The van der Waals surface area contributed by atoms with E-state index in [2.05, 4.69) is 0 Å². The molecule has 54 heavy (non-hydrogen) atoms. The van der Waals surface area contributed by atoms with Gasteiger partial charge in [0.15, 0.2) is 40.5 Å². The summed E-state index contributed by atoms with van der Waals surface area (Å²) < 4.78 is 21.9. The van der Waals surface area contributed by atoms with Crippen LogP contribution in [0.2, 0.25) is 0 Å². The number of Topliss-reactive ketones (excluding diaryl/α,β-unsaturated/α-hetero) is 6. The Hall–Kier alpha value is -5.41. The maximum atomic E-state index is 13.7. The zero-order valence-electron chi connectivity index (χ0n) is 30.7. The van der Waals surface area contributed by atoms with E-state index in [4.69, 9.17) is 18.9 Å². The first-order valence-corrected chi connectivity index (χ1v) is 17.5. The smallest absolute Gasteiger partial charge is 0.410 e. The van der Waals surface area contributed by atoms with E-state index in [0.717, 1.165) is 0 Å². The molecule has 15 heteroatoms. The fourth-order valence-electron chi connectivity index (χ4n) is 6.75. The van der Waals surface area contributed by atoms with Crippen LogP contribution in [0, 0.1) is 11.8 Å². The molecule has 2 fully saturated rings. The summed E-state index contributed by atoms with van der Waals surface area (Å²) in [7, 11) is 0.